The number of rotatable bonds is 43. The maximum absolute atomic E-state index is 12.9. The van der Waals surface area contributed by atoms with Crippen LogP contribution in [0.4, 0.5) is 0 Å². The Morgan fingerprint density at radius 1 is 0.607 bits per heavy atom. The van der Waals surface area contributed by atoms with Gasteiger partial charge in [-0.25, -0.2) is 0 Å². The molecular formula is C47H93N2O6P. The number of hydrogen-bond donors (Lipinski definition) is 2. The summed E-state index contributed by atoms with van der Waals surface area (Å²) in [6, 6.07) is -0.898. The summed E-state index contributed by atoms with van der Waals surface area (Å²) < 4.78 is 23.2. The van der Waals surface area contributed by atoms with Crippen molar-refractivity contribution in [2.24, 2.45) is 0 Å². The van der Waals surface area contributed by atoms with Gasteiger partial charge in [0.05, 0.1) is 39.9 Å². The molecule has 0 aliphatic rings. The normalized spacial score (nSPS) is 14.5. The van der Waals surface area contributed by atoms with Gasteiger partial charge in [-0.1, -0.05) is 205 Å². The van der Waals surface area contributed by atoms with Crippen molar-refractivity contribution >= 4 is 13.7 Å². The predicted octanol–water partition coefficient (Wildman–Crippen LogP) is 12.7. The summed E-state index contributed by atoms with van der Waals surface area (Å²) in [5.74, 6) is -0.205. The number of carbonyl (C=O) groups excluding carboxylic acids is 1. The van der Waals surface area contributed by atoms with Gasteiger partial charge in [-0.05, 0) is 32.1 Å². The van der Waals surface area contributed by atoms with Gasteiger partial charge in [0.1, 0.15) is 13.2 Å². The molecule has 0 aromatic rings. The lowest BCUT2D eigenvalue weighted by atomic mass is 10.0. The molecule has 8 nitrogen and oxygen atoms in total. The molecule has 332 valence electrons. The summed E-state index contributed by atoms with van der Waals surface area (Å²) >= 11 is 0. The van der Waals surface area contributed by atoms with Crippen molar-refractivity contribution in [3.05, 3.63) is 24.3 Å². The Kier molecular flexibility index (Phi) is 38.7. The van der Waals surface area contributed by atoms with Crippen LogP contribution in [0.2, 0.25) is 0 Å². The van der Waals surface area contributed by atoms with Gasteiger partial charge in [-0.15, -0.1) is 0 Å². The van der Waals surface area contributed by atoms with Crippen LogP contribution in [-0.2, 0) is 18.4 Å². The highest BCUT2D eigenvalue weighted by Crippen LogP contribution is 2.38. The van der Waals surface area contributed by atoms with Crippen LogP contribution in [0.15, 0.2) is 24.3 Å². The van der Waals surface area contributed by atoms with Crippen molar-refractivity contribution in [2.45, 2.75) is 231 Å². The first-order valence-electron chi connectivity index (χ1n) is 23.7. The first-order chi connectivity index (χ1) is 27.0. The summed E-state index contributed by atoms with van der Waals surface area (Å²) in [5, 5.41) is 13.8. The van der Waals surface area contributed by atoms with Crippen LogP contribution in [0.5, 0.6) is 0 Å². The minimum Gasteiger partial charge on any atom is -0.756 e. The molecule has 1 amide bonds. The van der Waals surface area contributed by atoms with E-state index in [9.17, 15) is 19.4 Å². The quantitative estimate of drug-likeness (QED) is 0.0275. The van der Waals surface area contributed by atoms with Crippen molar-refractivity contribution in [3.8, 4) is 0 Å². The topological polar surface area (TPSA) is 108 Å². The number of quaternary nitrogens is 1. The Balaban J connectivity index is 4.41. The Morgan fingerprint density at radius 3 is 1.45 bits per heavy atom. The molecule has 3 atom stereocenters. The summed E-state index contributed by atoms with van der Waals surface area (Å²) in [7, 11) is 1.25. The molecule has 0 spiro atoms. The molecule has 56 heavy (non-hydrogen) atoms. The largest absolute Gasteiger partial charge is 0.756 e. The van der Waals surface area contributed by atoms with Crippen LogP contribution >= 0.6 is 7.82 Å². The van der Waals surface area contributed by atoms with E-state index in [1.807, 2.05) is 27.2 Å². The fourth-order valence-corrected chi connectivity index (χ4v) is 7.60. The average Bonchev–Trinajstić information content (AvgIpc) is 3.15. The van der Waals surface area contributed by atoms with Gasteiger partial charge in [-0.2, -0.15) is 0 Å². The number of aliphatic hydroxyl groups excluding tert-OH is 1. The molecule has 2 N–H and O–H groups in total. The second-order valence-corrected chi connectivity index (χ2v) is 18.9. The number of amides is 1. The fourth-order valence-electron chi connectivity index (χ4n) is 6.87. The molecule has 0 saturated heterocycles. The summed E-state index contributed by atoms with van der Waals surface area (Å²) in [6.07, 6.45) is 46.5. The number of phosphoric acid groups is 1. The van der Waals surface area contributed by atoms with Gasteiger partial charge >= 0.3 is 0 Å². The van der Waals surface area contributed by atoms with E-state index in [-0.39, 0.29) is 19.1 Å². The highest BCUT2D eigenvalue weighted by atomic mass is 31.2. The first kappa shape index (κ1) is 55.0. The Bertz CT molecular complexity index is 969. The number of unbranched alkanes of at least 4 members (excludes halogenated alkanes) is 28. The van der Waals surface area contributed by atoms with Gasteiger partial charge in [0, 0.05) is 6.42 Å². The number of aliphatic hydroxyl groups is 1. The molecular weight excluding hydrogens is 719 g/mol. The Morgan fingerprint density at radius 2 is 1.00 bits per heavy atom. The van der Waals surface area contributed by atoms with E-state index >= 15 is 0 Å². The van der Waals surface area contributed by atoms with E-state index in [1.165, 1.54) is 161 Å². The molecule has 0 bridgehead atoms. The molecule has 0 aliphatic heterocycles. The molecule has 0 heterocycles. The van der Waals surface area contributed by atoms with Gasteiger partial charge in [0.25, 0.3) is 7.82 Å². The van der Waals surface area contributed by atoms with Crippen LogP contribution in [-0.4, -0.2) is 68.5 Å². The smallest absolute Gasteiger partial charge is 0.268 e. The van der Waals surface area contributed by atoms with Gasteiger partial charge in [-0.3, -0.25) is 9.36 Å². The number of phosphoric ester groups is 1. The molecule has 0 saturated carbocycles. The SMILES string of the molecule is CCCCCCCCCCCCCC/C=C/CC/C=C/C(O)C(COP(=O)([O-])OCC[N+](C)(C)C)NC(=O)CCCCCCCCCCCCCCCCCC. The van der Waals surface area contributed by atoms with Gasteiger partial charge < -0.3 is 28.8 Å². The number of carbonyl (C=O) groups is 1. The fraction of sp³-hybridized carbons (Fsp3) is 0.894. The molecule has 0 radical (unpaired) electrons. The molecule has 0 rings (SSSR count). The van der Waals surface area contributed by atoms with Crippen molar-refractivity contribution in [2.75, 3.05) is 40.9 Å². The van der Waals surface area contributed by atoms with Gasteiger partial charge in [0.2, 0.25) is 5.91 Å². The summed E-state index contributed by atoms with van der Waals surface area (Å²) in [4.78, 5) is 25.3. The van der Waals surface area contributed by atoms with E-state index in [4.69, 9.17) is 9.05 Å². The van der Waals surface area contributed by atoms with Crippen LogP contribution < -0.4 is 10.2 Å². The Hall–Kier alpha value is -1.02. The minimum atomic E-state index is -4.59. The zero-order valence-electron chi connectivity index (χ0n) is 37.6. The average molecular weight is 813 g/mol. The summed E-state index contributed by atoms with van der Waals surface area (Å²) in [5.41, 5.74) is 0. The number of nitrogens with zero attached hydrogens (tertiary/aromatic N) is 1. The Labute approximate surface area is 347 Å². The van der Waals surface area contributed by atoms with Crippen molar-refractivity contribution in [1.82, 2.24) is 5.32 Å². The highest BCUT2D eigenvalue weighted by Gasteiger charge is 2.23. The van der Waals surface area contributed by atoms with E-state index in [2.05, 4.69) is 31.3 Å². The lowest BCUT2D eigenvalue weighted by Gasteiger charge is -2.29. The van der Waals surface area contributed by atoms with Crippen LogP contribution in [0, 0.1) is 0 Å². The standard InChI is InChI=1S/C47H93N2O6P/c1-6-8-10-12-14-16-18-20-22-24-25-26-28-30-32-34-36-38-40-46(50)45(44-55-56(52,53)54-43-42-49(3,4)5)48-47(51)41-39-37-35-33-31-29-27-23-21-19-17-15-13-11-9-7-2/h30,32,38,40,45-46,50H,6-29,31,33-37,39,41-44H2,1-5H3,(H-,48,51,52,53)/b32-30+,40-38+. The molecule has 0 aromatic heterocycles. The zero-order chi connectivity index (χ0) is 41.4. The van der Waals surface area contributed by atoms with E-state index in [1.54, 1.807) is 6.08 Å². The van der Waals surface area contributed by atoms with Crippen molar-refractivity contribution in [3.63, 3.8) is 0 Å². The molecule has 0 aromatic carbocycles. The first-order valence-corrected chi connectivity index (χ1v) is 25.2. The lowest BCUT2D eigenvalue weighted by molar-refractivity contribution is -0.870. The predicted molar refractivity (Wildman–Crippen MR) is 238 cm³/mol. The third-order valence-corrected chi connectivity index (χ3v) is 11.6. The van der Waals surface area contributed by atoms with Gasteiger partial charge in [0.15, 0.2) is 0 Å². The maximum atomic E-state index is 12.9. The van der Waals surface area contributed by atoms with Crippen molar-refractivity contribution in [1.29, 1.82) is 0 Å². The van der Waals surface area contributed by atoms with E-state index in [0.29, 0.717) is 17.4 Å². The minimum absolute atomic E-state index is 0.00413. The molecule has 0 fully saturated rings. The zero-order valence-corrected chi connectivity index (χ0v) is 38.5. The number of nitrogens with one attached hydrogen (secondary N) is 1. The summed E-state index contributed by atoms with van der Waals surface area (Å²) in [6.45, 7) is 4.64. The number of hydrogen-bond acceptors (Lipinski definition) is 6. The third kappa shape index (κ3) is 41.2. The van der Waals surface area contributed by atoms with Crippen LogP contribution in [0.3, 0.4) is 0 Å². The molecule has 3 unspecified atom stereocenters. The second-order valence-electron chi connectivity index (χ2n) is 17.5. The molecule has 9 heteroatoms. The van der Waals surface area contributed by atoms with E-state index < -0.39 is 20.0 Å². The highest BCUT2D eigenvalue weighted by molar-refractivity contribution is 7.45. The second kappa shape index (κ2) is 39.4. The lowest BCUT2D eigenvalue weighted by Crippen LogP contribution is -2.45. The maximum Gasteiger partial charge on any atom is 0.268 e. The van der Waals surface area contributed by atoms with Crippen LogP contribution in [0.1, 0.15) is 219 Å². The van der Waals surface area contributed by atoms with E-state index in [0.717, 1.165) is 38.5 Å². The number of allylic oxidation sites excluding steroid dienone is 3. The monoisotopic (exact) mass is 813 g/mol. The number of likely N-dealkylation sites (N-methyl/N-ethyl adjacent to an activating group) is 1. The van der Waals surface area contributed by atoms with Crippen molar-refractivity contribution < 1.29 is 32.9 Å². The third-order valence-electron chi connectivity index (χ3n) is 10.7. The van der Waals surface area contributed by atoms with Crippen LogP contribution in [0.25, 0.3) is 0 Å². The molecule has 0 aliphatic carbocycles.